The maximum absolute atomic E-state index is 11.3. The first-order valence-corrected chi connectivity index (χ1v) is 7.52. The highest BCUT2D eigenvalue weighted by Gasteiger charge is 2.16. The minimum atomic E-state index is 0.0620. The lowest BCUT2D eigenvalue weighted by Gasteiger charge is -2.32. The molecule has 1 aliphatic rings. The maximum Gasteiger partial charge on any atom is 0.224 e. The second-order valence-corrected chi connectivity index (χ2v) is 5.44. The van der Waals surface area contributed by atoms with Gasteiger partial charge >= 0.3 is 0 Å². The molecule has 1 aromatic carbocycles. The van der Waals surface area contributed by atoms with Crippen molar-refractivity contribution >= 4 is 11.6 Å². The Morgan fingerprint density at radius 3 is 2.55 bits per heavy atom. The average Bonchev–Trinajstić information content (AvgIpc) is 2.50. The van der Waals surface area contributed by atoms with Gasteiger partial charge in [-0.25, -0.2) is 0 Å². The Bertz CT molecular complexity index is 424. The summed E-state index contributed by atoms with van der Waals surface area (Å²) in [5, 5.41) is 6.26. The van der Waals surface area contributed by atoms with Crippen LogP contribution < -0.4 is 10.6 Å². The number of carbonyl (C=O) groups excluding carboxylic acids is 1. The summed E-state index contributed by atoms with van der Waals surface area (Å²) in [4.78, 5) is 13.9. The molecule has 1 atom stereocenters. The lowest BCUT2D eigenvalue weighted by Crippen LogP contribution is -2.48. The summed E-state index contributed by atoms with van der Waals surface area (Å²) in [6.45, 7) is 8.59. The number of rotatable bonds is 5. The van der Waals surface area contributed by atoms with Gasteiger partial charge in [-0.05, 0) is 31.0 Å². The van der Waals surface area contributed by atoms with Crippen molar-refractivity contribution < 1.29 is 4.79 Å². The van der Waals surface area contributed by atoms with Crippen LogP contribution in [0.15, 0.2) is 24.3 Å². The molecule has 4 nitrogen and oxygen atoms in total. The first-order valence-electron chi connectivity index (χ1n) is 7.52. The van der Waals surface area contributed by atoms with Crippen molar-refractivity contribution in [2.75, 3.05) is 31.5 Å². The van der Waals surface area contributed by atoms with E-state index in [-0.39, 0.29) is 5.91 Å². The number of piperazine rings is 1. The summed E-state index contributed by atoms with van der Waals surface area (Å²) in [6.07, 6.45) is 1.57. The van der Waals surface area contributed by atoms with Crippen LogP contribution in [0.25, 0.3) is 0 Å². The minimum absolute atomic E-state index is 0.0620. The topological polar surface area (TPSA) is 44.4 Å². The van der Waals surface area contributed by atoms with Crippen molar-refractivity contribution in [2.45, 2.75) is 32.7 Å². The Labute approximate surface area is 121 Å². The van der Waals surface area contributed by atoms with E-state index in [9.17, 15) is 4.79 Å². The molecule has 2 rings (SSSR count). The summed E-state index contributed by atoms with van der Waals surface area (Å²) in [7, 11) is 0. The van der Waals surface area contributed by atoms with Crippen LogP contribution in [0.2, 0.25) is 0 Å². The predicted octanol–water partition coefficient (Wildman–Crippen LogP) is 1.87. The molecule has 0 saturated carbocycles. The van der Waals surface area contributed by atoms with E-state index in [4.69, 9.17) is 0 Å². The molecular weight excluding hydrogens is 250 g/mol. The number of nitrogens with one attached hydrogen (secondary N) is 2. The minimum Gasteiger partial charge on any atom is -0.326 e. The summed E-state index contributed by atoms with van der Waals surface area (Å²) < 4.78 is 0. The highest BCUT2D eigenvalue weighted by molar-refractivity contribution is 5.90. The van der Waals surface area contributed by atoms with Crippen LogP contribution in [0.4, 0.5) is 5.69 Å². The molecule has 1 aliphatic heterocycles. The van der Waals surface area contributed by atoms with E-state index in [1.54, 1.807) is 0 Å². The normalized spacial score (nSPS) is 17.7. The van der Waals surface area contributed by atoms with Gasteiger partial charge in [0.15, 0.2) is 0 Å². The molecule has 0 aromatic heterocycles. The highest BCUT2D eigenvalue weighted by atomic mass is 16.1. The second-order valence-electron chi connectivity index (χ2n) is 5.44. The monoisotopic (exact) mass is 275 g/mol. The number of nitrogens with zero attached hydrogens (tertiary/aromatic N) is 1. The Kier molecular flexibility index (Phi) is 5.56. The van der Waals surface area contributed by atoms with Crippen LogP contribution in [0.1, 0.15) is 25.8 Å². The Hall–Kier alpha value is -1.39. The first kappa shape index (κ1) is 15.0. The third-order valence-electron chi connectivity index (χ3n) is 3.86. The molecule has 0 aliphatic carbocycles. The number of amides is 1. The number of benzene rings is 1. The van der Waals surface area contributed by atoms with Crippen molar-refractivity contribution in [2.24, 2.45) is 0 Å². The van der Waals surface area contributed by atoms with Crippen LogP contribution >= 0.6 is 0 Å². The zero-order valence-corrected chi connectivity index (χ0v) is 12.5. The Morgan fingerprint density at radius 2 is 1.95 bits per heavy atom. The quantitative estimate of drug-likeness (QED) is 0.862. The van der Waals surface area contributed by atoms with E-state index in [0.29, 0.717) is 12.5 Å². The van der Waals surface area contributed by atoms with Gasteiger partial charge in [0.1, 0.15) is 0 Å². The van der Waals surface area contributed by atoms with E-state index < -0.39 is 0 Å². The van der Waals surface area contributed by atoms with Gasteiger partial charge in [0.25, 0.3) is 0 Å². The largest absolute Gasteiger partial charge is 0.326 e. The van der Waals surface area contributed by atoms with Crippen molar-refractivity contribution in [1.82, 2.24) is 10.2 Å². The molecule has 1 saturated heterocycles. The standard InChI is InChI=1S/C16H25N3O/c1-3-16(20)18-15-6-4-14(5-7-15)12-13(2)19-10-8-17-9-11-19/h4-7,13,17H,3,8-12H2,1-2H3,(H,18,20). The van der Waals surface area contributed by atoms with Crippen molar-refractivity contribution in [3.8, 4) is 0 Å². The molecule has 4 heteroatoms. The third kappa shape index (κ3) is 4.32. The zero-order valence-electron chi connectivity index (χ0n) is 12.5. The molecule has 1 amide bonds. The fraction of sp³-hybridized carbons (Fsp3) is 0.562. The van der Waals surface area contributed by atoms with Crippen LogP contribution in [0.5, 0.6) is 0 Å². The van der Waals surface area contributed by atoms with Crippen molar-refractivity contribution in [1.29, 1.82) is 0 Å². The summed E-state index contributed by atoms with van der Waals surface area (Å²) in [5.41, 5.74) is 2.21. The van der Waals surface area contributed by atoms with Gasteiger partial charge in [-0.2, -0.15) is 0 Å². The molecule has 1 heterocycles. The average molecular weight is 275 g/mol. The molecule has 0 bridgehead atoms. The summed E-state index contributed by atoms with van der Waals surface area (Å²) in [5.74, 6) is 0.0620. The van der Waals surface area contributed by atoms with Crippen molar-refractivity contribution in [3.63, 3.8) is 0 Å². The fourth-order valence-corrected chi connectivity index (χ4v) is 2.57. The van der Waals surface area contributed by atoms with E-state index in [2.05, 4.69) is 34.6 Å². The first-order chi connectivity index (χ1) is 9.69. The second kappa shape index (κ2) is 7.41. The molecule has 1 aromatic rings. The van der Waals surface area contributed by atoms with E-state index in [1.165, 1.54) is 5.56 Å². The maximum atomic E-state index is 11.3. The third-order valence-corrected chi connectivity index (χ3v) is 3.86. The molecule has 1 unspecified atom stereocenters. The van der Waals surface area contributed by atoms with Crippen molar-refractivity contribution in [3.05, 3.63) is 29.8 Å². The molecule has 2 N–H and O–H groups in total. The van der Waals surface area contributed by atoms with Gasteiger partial charge in [-0.15, -0.1) is 0 Å². The van der Waals surface area contributed by atoms with E-state index >= 15 is 0 Å². The lowest BCUT2D eigenvalue weighted by molar-refractivity contribution is -0.115. The fourth-order valence-electron chi connectivity index (χ4n) is 2.57. The SMILES string of the molecule is CCC(=O)Nc1ccc(CC(C)N2CCNCC2)cc1. The zero-order chi connectivity index (χ0) is 14.4. The summed E-state index contributed by atoms with van der Waals surface area (Å²) in [6, 6.07) is 8.78. The highest BCUT2D eigenvalue weighted by Crippen LogP contribution is 2.14. The summed E-state index contributed by atoms with van der Waals surface area (Å²) >= 11 is 0. The van der Waals surface area contributed by atoms with E-state index in [1.807, 2.05) is 19.1 Å². The molecule has 0 radical (unpaired) electrons. The van der Waals surface area contributed by atoms with Crippen LogP contribution in [0.3, 0.4) is 0 Å². The Balaban J connectivity index is 1.87. The number of anilines is 1. The number of hydrogen-bond donors (Lipinski definition) is 2. The Morgan fingerprint density at radius 1 is 1.30 bits per heavy atom. The van der Waals surface area contributed by atoms with Crippen LogP contribution in [0, 0.1) is 0 Å². The van der Waals surface area contributed by atoms with Gasteiger partial charge in [-0.1, -0.05) is 19.1 Å². The predicted molar refractivity (Wildman–Crippen MR) is 83.0 cm³/mol. The van der Waals surface area contributed by atoms with Gasteiger partial charge in [0, 0.05) is 44.3 Å². The molecule has 1 fully saturated rings. The lowest BCUT2D eigenvalue weighted by atomic mass is 10.0. The smallest absolute Gasteiger partial charge is 0.224 e. The number of hydrogen-bond acceptors (Lipinski definition) is 3. The van der Waals surface area contributed by atoms with Crippen LogP contribution in [-0.4, -0.2) is 43.0 Å². The number of carbonyl (C=O) groups is 1. The van der Waals surface area contributed by atoms with Gasteiger partial charge < -0.3 is 10.6 Å². The molecule has 20 heavy (non-hydrogen) atoms. The van der Waals surface area contributed by atoms with Gasteiger partial charge in [0.2, 0.25) is 5.91 Å². The van der Waals surface area contributed by atoms with Gasteiger partial charge in [-0.3, -0.25) is 9.69 Å². The molecular formula is C16H25N3O. The van der Waals surface area contributed by atoms with Crippen LogP contribution in [-0.2, 0) is 11.2 Å². The molecule has 0 spiro atoms. The van der Waals surface area contributed by atoms with E-state index in [0.717, 1.165) is 38.3 Å². The molecule has 110 valence electrons. The van der Waals surface area contributed by atoms with Gasteiger partial charge in [0.05, 0.1) is 0 Å².